The van der Waals surface area contributed by atoms with Crippen molar-refractivity contribution in [3.05, 3.63) is 72.1 Å². The Hall–Kier alpha value is -4.53. The van der Waals surface area contributed by atoms with E-state index in [1.54, 1.807) is 6.07 Å². The predicted molar refractivity (Wildman–Crippen MR) is 137 cm³/mol. The second-order valence-electron chi connectivity index (χ2n) is 8.31. The molecule has 1 fully saturated rings. The summed E-state index contributed by atoms with van der Waals surface area (Å²) in [5.74, 6) is 5.98. The Labute approximate surface area is 219 Å². The van der Waals surface area contributed by atoms with Gasteiger partial charge in [-0.05, 0) is 36.4 Å². The number of aliphatic hydroxyl groups is 1. The summed E-state index contributed by atoms with van der Waals surface area (Å²) < 4.78 is 28.4. The molecule has 4 rings (SSSR count). The van der Waals surface area contributed by atoms with E-state index in [1.165, 1.54) is 30.6 Å². The molecule has 11 heteroatoms. The zero-order valence-electron chi connectivity index (χ0n) is 20.9. The van der Waals surface area contributed by atoms with Gasteiger partial charge in [0, 0.05) is 38.3 Å². The van der Waals surface area contributed by atoms with Crippen LogP contribution in [-0.4, -0.2) is 66.8 Å². The number of primary amides is 1. The fraction of sp³-hybridized carbons (Fsp3) is 0.259. The molecular weight excluding hydrogens is 495 g/mol. The van der Waals surface area contributed by atoms with Crippen molar-refractivity contribution in [2.45, 2.75) is 12.0 Å². The maximum absolute atomic E-state index is 12.6. The molecular formula is C27H27FN4O6. The van der Waals surface area contributed by atoms with E-state index in [0.29, 0.717) is 30.3 Å². The Morgan fingerprint density at radius 3 is 2.61 bits per heavy atom. The zero-order valence-corrected chi connectivity index (χ0v) is 20.9. The van der Waals surface area contributed by atoms with Gasteiger partial charge in [-0.15, -0.1) is 0 Å². The van der Waals surface area contributed by atoms with E-state index in [4.69, 9.17) is 19.9 Å². The van der Waals surface area contributed by atoms with E-state index >= 15 is 0 Å². The van der Waals surface area contributed by atoms with Crippen LogP contribution in [0, 0.1) is 17.8 Å². The van der Waals surface area contributed by atoms with Gasteiger partial charge in [-0.2, -0.15) is 4.39 Å². The lowest BCUT2D eigenvalue weighted by atomic mass is 10.0. The zero-order chi connectivity index (χ0) is 27.5. The van der Waals surface area contributed by atoms with E-state index in [9.17, 15) is 19.1 Å². The third-order valence-corrected chi connectivity index (χ3v) is 4.98. The van der Waals surface area contributed by atoms with Crippen LogP contribution in [0.1, 0.15) is 22.5 Å². The largest absolute Gasteiger partial charge is 0.491 e. The summed E-state index contributed by atoms with van der Waals surface area (Å²) in [6.45, 7) is 0.868. The quantitative estimate of drug-likeness (QED) is 0.198. The van der Waals surface area contributed by atoms with E-state index in [2.05, 4.69) is 21.8 Å². The highest BCUT2D eigenvalue weighted by Gasteiger charge is 2.33. The van der Waals surface area contributed by atoms with Gasteiger partial charge >= 0.3 is 0 Å². The second kappa shape index (κ2) is 13.1. The number of nitrogens with two attached hydrogens (primary N) is 1. The Balaban J connectivity index is 0.000000215. The minimum absolute atomic E-state index is 0.0950. The van der Waals surface area contributed by atoms with Crippen LogP contribution in [0.25, 0.3) is 0 Å². The van der Waals surface area contributed by atoms with Gasteiger partial charge in [0.2, 0.25) is 5.95 Å². The fourth-order valence-corrected chi connectivity index (χ4v) is 3.01. The summed E-state index contributed by atoms with van der Waals surface area (Å²) >= 11 is 0. The third kappa shape index (κ3) is 8.26. The average molecular weight is 523 g/mol. The molecule has 3 aromatic rings. The number of aldehydes is 1. The molecule has 1 saturated heterocycles. The van der Waals surface area contributed by atoms with Crippen molar-refractivity contribution in [1.29, 1.82) is 0 Å². The number of rotatable bonds is 8. The maximum Gasteiger partial charge on any atom is 0.267 e. The number of amides is 1. The van der Waals surface area contributed by atoms with Crippen molar-refractivity contribution in [2.75, 3.05) is 38.8 Å². The molecule has 1 aromatic carbocycles. The lowest BCUT2D eigenvalue weighted by molar-refractivity contribution is -0.140. The molecule has 0 unspecified atom stereocenters. The van der Waals surface area contributed by atoms with Gasteiger partial charge in [0.25, 0.3) is 5.91 Å². The van der Waals surface area contributed by atoms with Gasteiger partial charge in [-0.1, -0.05) is 11.8 Å². The van der Waals surface area contributed by atoms with Gasteiger partial charge in [0.05, 0.1) is 31.7 Å². The summed E-state index contributed by atoms with van der Waals surface area (Å²) in [5.41, 5.74) is 5.83. The Kier molecular flexibility index (Phi) is 9.70. The lowest BCUT2D eigenvalue weighted by Gasteiger charge is -2.30. The highest BCUT2D eigenvalue weighted by molar-refractivity contribution is 5.91. The molecule has 2 aromatic heterocycles. The molecule has 0 atom stereocenters. The number of nitrogens with zero attached hydrogens (tertiary/aromatic N) is 3. The van der Waals surface area contributed by atoms with Crippen molar-refractivity contribution < 1.29 is 33.3 Å². The monoisotopic (exact) mass is 522 g/mol. The number of halogens is 1. The van der Waals surface area contributed by atoms with Crippen molar-refractivity contribution in [2.24, 2.45) is 5.73 Å². The van der Waals surface area contributed by atoms with Gasteiger partial charge in [-0.3, -0.25) is 9.78 Å². The number of pyridine rings is 2. The summed E-state index contributed by atoms with van der Waals surface area (Å²) in [6.07, 6.45) is 3.82. The van der Waals surface area contributed by atoms with E-state index in [1.807, 2.05) is 37.2 Å². The topological polar surface area (TPSA) is 137 Å². The number of carbonyl (C=O) groups excluding carboxylic acids is 2. The van der Waals surface area contributed by atoms with Crippen LogP contribution in [0.2, 0.25) is 0 Å². The van der Waals surface area contributed by atoms with Crippen LogP contribution >= 0.6 is 0 Å². The number of benzene rings is 1. The van der Waals surface area contributed by atoms with Crippen LogP contribution in [-0.2, 0) is 9.53 Å². The Morgan fingerprint density at radius 2 is 2.00 bits per heavy atom. The first-order valence-electron chi connectivity index (χ1n) is 11.5. The molecule has 0 saturated carbocycles. The van der Waals surface area contributed by atoms with Crippen LogP contribution < -0.4 is 20.1 Å². The first kappa shape index (κ1) is 28.0. The SMILES string of the molecule is CN(C)c1cc(C#CC2(O)COC2)ccc1OCCC=O.NC(=O)c1cc(Oc2ccc(F)nc2)ccn1. The van der Waals surface area contributed by atoms with Crippen LogP contribution in [0.5, 0.6) is 17.2 Å². The van der Waals surface area contributed by atoms with Gasteiger partial charge < -0.3 is 34.7 Å². The molecule has 198 valence electrons. The minimum Gasteiger partial charge on any atom is -0.491 e. The first-order valence-corrected chi connectivity index (χ1v) is 11.5. The molecule has 0 radical (unpaired) electrons. The lowest BCUT2D eigenvalue weighted by Crippen LogP contribution is -2.48. The smallest absolute Gasteiger partial charge is 0.267 e. The molecule has 0 spiro atoms. The molecule has 10 nitrogen and oxygen atoms in total. The molecule has 3 heterocycles. The summed E-state index contributed by atoms with van der Waals surface area (Å²) in [7, 11) is 3.82. The maximum atomic E-state index is 12.6. The Morgan fingerprint density at radius 1 is 1.21 bits per heavy atom. The first-order chi connectivity index (χ1) is 18.2. The summed E-state index contributed by atoms with van der Waals surface area (Å²) in [5, 5.41) is 9.88. The average Bonchev–Trinajstić information content (AvgIpc) is 2.89. The van der Waals surface area contributed by atoms with Crippen molar-refractivity contribution in [3.8, 4) is 29.1 Å². The van der Waals surface area contributed by atoms with Crippen LogP contribution in [0.4, 0.5) is 10.1 Å². The normalized spacial score (nSPS) is 12.9. The van der Waals surface area contributed by atoms with Crippen molar-refractivity contribution >= 4 is 17.9 Å². The highest BCUT2D eigenvalue weighted by atomic mass is 19.1. The standard InChI is InChI=1S/C16H19NO4.C11H8FN3O2/c1-17(2)14-10-13(6-7-16(19)11-20-12-16)4-5-15(14)21-9-3-8-18;12-10-2-1-8(6-15-10)17-7-3-4-14-9(5-7)11(13)16/h4-5,8,10,19H,3,9,11-12H2,1-2H3;1-6H,(H2,13,16). The number of anilines is 1. The number of hydrogen-bond acceptors (Lipinski definition) is 9. The van der Waals surface area contributed by atoms with Crippen molar-refractivity contribution in [3.63, 3.8) is 0 Å². The van der Waals surface area contributed by atoms with Gasteiger partial charge in [0.1, 0.15) is 29.2 Å². The predicted octanol–water partition coefficient (Wildman–Crippen LogP) is 2.34. The second-order valence-corrected chi connectivity index (χ2v) is 8.31. The van der Waals surface area contributed by atoms with E-state index < -0.39 is 17.5 Å². The summed E-state index contributed by atoms with van der Waals surface area (Å²) in [4.78, 5) is 30.3. The third-order valence-electron chi connectivity index (χ3n) is 4.98. The number of carbonyl (C=O) groups is 2. The van der Waals surface area contributed by atoms with Crippen LogP contribution in [0.3, 0.4) is 0 Å². The molecule has 1 aliphatic rings. The minimum atomic E-state index is -1.02. The molecule has 3 N–H and O–H groups in total. The molecule has 1 aliphatic heterocycles. The number of hydrogen-bond donors (Lipinski definition) is 2. The van der Waals surface area contributed by atoms with Gasteiger partial charge in [0.15, 0.2) is 5.60 Å². The molecule has 38 heavy (non-hydrogen) atoms. The van der Waals surface area contributed by atoms with Crippen molar-refractivity contribution in [1.82, 2.24) is 9.97 Å². The fourth-order valence-electron chi connectivity index (χ4n) is 3.01. The number of aromatic nitrogens is 2. The van der Waals surface area contributed by atoms with Gasteiger partial charge in [-0.25, -0.2) is 4.98 Å². The number of ether oxygens (including phenoxy) is 3. The Bertz CT molecular complexity index is 1320. The van der Waals surface area contributed by atoms with E-state index in [0.717, 1.165) is 17.5 Å². The van der Waals surface area contributed by atoms with E-state index in [-0.39, 0.29) is 18.9 Å². The molecule has 1 amide bonds. The summed E-state index contributed by atoms with van der Waals surface area (Å²) in [6, 6.07) is 11.1. The molecule has 0 bridgehead atoms. The highest BCUT2D eigenvalue weighted by Crippen LogP contribution is 2.28. The van der Waals surface area contributed by atoms with Crippen LogP contribution in [0.15, 0.2) is 54.9 Å². The molecule has 0 aliphatic carbocycles.